The van der Waals surface area contributed by atoms with E-state index in [9.17, 15) is 9.36 Å². The summed E-state index contributed by atoms with van der Waals surface area (Å²) in [6, 6.07) is -0.00549. The lowest BCUT2D eigenvalue weighted by molar-refractivity contribution is -0.141. The van der Waals surface area contributed by atoms with Crippen LogP contribution in [0.1, 0.15) is 47.0 Å². The lowest BCUT2D eigenvalue weighted by Crippen LogP contribution is -2.42. The van der Waals surface area contributed by atoms with Crippen molar-refractivity contribution >= 4 is 25.9 Å². The number of amidine groups is 1. The van der Waals surface area contributed by atoms with Gasteiger partial charge in [0, 0.05) is 0 Å². The molecule has 3 rings (SSSR count). The van der Waals surface area contributed by atoms with E-state index in [2.05, 4.69) is 22.1 Å². The average molecular weight is 510 g/mol. The van der Waals surface area contributed by atoms with E-state index >= 15 is 0 Å². The molecule has 0 spiro atoms. The van der Waals surface area contributed by atoms with Crippen LogP contribution in [-0.2, 0) is 27.9 Å². The zero-order chi connectivity index (χ0) is 25.4. The third-order valence-electron chi connectivity index (χ3n) is 5.79. The van der Waals surface area contributed by atoms with E-state index in [1.165, 1.54) is 6.34 Å². The van der Waals surface area contributed by atoms with Crippen LogP contribution in [0.5, 0.6) is 0 Å². The Morgan fingerprint density at radius 2 is 2.23 bits per heavy atom. The molecule has 35 heavy (non-hydrogen) atoms. The summed E-state index contributed by atoms with van der Waals surface area (Å²) in [5.74, 6) is 0.492. The van der Waals surface area contributed by atoms with Crippen molar-refractivity contribution < 1.29 is 27.9 Å². The molecule has 0 aliphatic carbocycles. The van der Waals surface area contributed by atoms with Crippen LogP contribution in [0.15, 0.2) is 45.9 Å². The lowest BCUT2D eigenvalue weighted by Gasteiger charge is -2.31. The quantitative estimate of drug-likeness (QED) is 0.176. The Morgan fingerprint density at radius 1 is 1.43 bits per heavy atom. The molecule has 0 saturated carbocycles. The predicted octanol–water partition coefficient (Wildman–Crippen LogP) is 3.22. The fourth-order valence-electron chi connectivity index (χ4n) is 4.29. The van der Waals surface area contributed by atoms with Gasteiger partial charge in [-0.15, -0.1) is 0 Å². The van der Waals surface area contributed by atoms with Crippen LogP contribution in [0.2, 0.25) is 0 Å². The highest BCUT2D eigenvalue weighted by atomic mass is 31.2. The van der Waals surface area contributed by atoms with Crippen molar-refractivity contribution in [3.05, 3.63) is 35.8 Å². The first-order valence-electron chi connectivity index (χ1n) is 12.0. The van der Waals surface area contributed by atoms with E-state index in [-0.39, 0.29) is 43.9 Å². The number of esters is 1. The third-order valence-corrected chi connectivity index (χ3v) is 7.27. The van der Waals surface area contributed by atoms with Gasteiger partial charge in [0.15, 0.2) is 5.84 Å². The highest BCUT2D eigenvalue weighted by Crippen LogP contribution is 2.47. The summed E-state index contributed by atoms with van der Waals surface area (Å²) in [5, 5.41) is 8.84. The summed E-state index contributed by atoms with van der Waals surface area (Å²) in [4.78, 5) is 15.9. The highest BCUT2D eigenvalue weighted by molar-refractivity contribution is 7.51. The molecule has 0 aromatic carbocycles. The van der Waals surface area contributed by atoms with E-state index in [0.29, 0.717) is 24.4 Å². The maximum absolute atomic E-state index is 13.5. The first-order chi connectivity index (χ1) is 16.8. The summed E-state index contributed by atoms with van der Waals surface area (Å²) in [7, 11) is -3.89. The molecule has 0 bridgehead atoms. The van der Waals surface area contributed by atoms with Crippen LogP contribution in [0.3, 0.4) is 0 Å². The Morgan fingerprint density at radius 3 is 2.94 bits per heavy atom. The molecule has 0 aromatic rings. The molecule has 3 N–H and O–H groups in total. The van der Waals surface area contributed by atoms with Gasteiger partial charge in [-0.2, -0.15) is 5.10 Å². The number of carbonyl (C=O) groups excluding carboxylic acids is 1. The number of hydrogen-bond donors (Lipinski definition) is 2. The number of carbonyl (C=O) groups is 1. The molecule has 0 aromatic heterocycles. The van der Waals surface area contributed by atoms with Gasteiger partial charge in [0.25, 0.3) is 0 Å². The van der Waals surface area contributed by atoms with Gasteiger partial charge in [0.05, 0.1) is 37.2 Å². The van der Waals surface area contributed by atoms with Crippen molar-refractivity contribution in [2.75, 3.05) is 19.8 Å². The number of aliphatic imine (C=N–C) groups is 1. The standard InChI is InChI=1S/C23H36N5O6P/c1-5-8-17(9-6-2)34-35(30,27-13-21(29)31-7-3)32-14-18-12-16(4)22(33-18)19-10-11-20-23(24)25-15-26-28(19)20/h5,8-9,11,15-16,18-19,22H,6-7,10,12-14H2,1-4H3,(H,27,30)(H2,24,25,26)/b8-5-,17-9+/t16-,18-,19?,22+,35?/m0/s1. The Kier molecular flexibility index (Phi) is 9.68. The Hall–Kier alpha value is -2.46. The molecule has 0 radical (unpaired) electrons. The Bertz CT molecular complexity index is 962. The smallest absolute Gasteiger partial charge is 0.459 e. The van der Waals surface area contributed by atoms with Crippen molar-refractivity contribution in [1.82, 2.24) is 10.1 Å². The number of hydrogen-bond acceptors (Lipinski definition) is 10. The monoisotopic (exact) mass is 509 g/mol. The zero-order valence-electron chi connectivity index (χ0n) is 20.8. The first kappa shape index (κ1) is 27.1. The van der Waals surface area contributed by atoms with Crippen molar-refractivity contribution in [3.63, 3.8) is 0 Å². The molecular formula is C23H36N5O6P. The molecule has 194 valence electrons. The van der Waals surface area contributed by atoms with E-state index in [1.54, 1.807) is 25.2 Å². The number of rotatable bonds is 12. The van der Waals surface area contributed by atoms with Gasteiger partial charge in [0.2, 0.25) is 0 Å². The van der Waals surface area contributed by atoms with E-state index in [0.717, 1.165) is 12.1 Å². The number of allylic oxidation sites excluding steroid dienone is 3. The van der Waals surface area contributed by atoms with Gasteiger partial charge in [-0.25, -0.2) is 14.6 Å². The number of ether oxygens (including phenoxy) is 2. The first-order valence-corrected chi connectivity index (χ1v) is 13.5. The molecule has 3 heterocycles. The van der Waals surface area contributed by atoms with Crippen LogP contribution in [0.25, 0.3) is 0 Å². The molecular weight excluding hydrogens is 473 g/mol. The van der Waals surface area contributed by atoms with Gasteiger partial charge >= 0.3 is 13.7 Å². The topological polar surface area (TPSA) is 137 Å². The second-order valence-electron chi connectivity index (χ2n) is 8.46. The molecule has 3 aliphatic rings. The van der Waals surface area contributed by atoms with Crippen molar-refractivity contribution in [2.45, 2.75) is 65.2 Å². The van der Waals surface area contributed by atoms with Crippen LogP contribution < -0.4 is 10.8 Å². The SMILES string of the molecule is C/C=C\C(=C/CC)OP(=O)(NCC(=O)OCC)OC[C@@H]1C[C@H](C)[C@H](C2CC=C3C(N)=NC=NN32)O1. The highest BCUT2D eigenvalue weighted by Gasteiger charge is 2.44. The summed E-state index contributed by atoms with van der Waals surface area (Å²) in [6.07, 6.45) is 10.4. The number of nitrogens with two attached hydrogens (primary N) is 1. The number of nitrogens with one attached hydrogen (secondary N) is 1. The van der Waals surface area contributed by atoms with Crippen molar-refractivity contribution in [3.8, 4) is 0 Å². The van der Waals surface area contributed by atoms with E-state index < -0.39 is 13.7 Å². The molecule has 1 saturated heterocycles. The third kappa shape index (κ3) is 7.04. The summed E-state index contributed by atoms with van der Waals surface area (Å²) in [5.41, 5.74) is 6.78. The largest absolute Gasteiger partial charge is 0.465 e. The minimum Gasteiger partial charge on any atom is -0.465 e. The number of fused-ring (bicyclic) bond motifs is 1. The summed E-state index contributed by atoms with van der Waals surface area (Å²) >= 11 is 0. The zero-order valence-corrected chi connectivity index (χ0v) is 21.6. The summed E-state index contributed by atoms with van der Waals surface area (Å²) in [6.45, 7) is 7.52. The molecule has 12 heteroatoms. The summed E-state index contributed by atoms with van der Waals surface area (Å²) < 4.78 is 36.3. The fraction of sp³-hybridized carbons (Fsp3) is 0.609. The molecule has 11 nitrogen and oxygen atoms in total. The molecule has 1 fully saturated rings. The van der Waals surface area contributed by atoms with Gasteiger partial charge in [-0.1, -0.05) is 26.0 Å². The maximum Gasteiger partial charge on any atom is 0.459 e. The normalized spacial score (nSPS) is 28.0. The molecule has 0 amide bonds. The number of hydrazone groups is 1. The fourth-order valence-corrected chi connectivity index (χ4v) is 5.60. The van der Waals surface area contributed by atoms with Crippen molar-refractivity contribution in [2.24, 2.45) is 21.7 Å². The van der Waals surface area contributed by atoms with E-state index in [1.807, 2.05) is 24.9 Å². The van der Waals surface area contributed by atoms with Gasteiger partial charge in [-0.3, -0.25) is 14.3 Å². The minimum absolute atomic E-state index is 0.00549. The Balaban J connectivity index is 1.64. The Labute approximate surface area is 206 Å². The van der Waals surface area contributed by atoms with Crippen LogP contribution in [0, 0.1) is 5.92 Å². The van der Waals surface area contributed by atoms with Crippen LogP contribution in [0.4, 0.5) is 0 Å². The minimum atomic E-state index is -3.89. The average Bonchev–Trinajstić information content (AvgIpc) is 3.41. The molecule has 3 aliphatic heterocycles. The van der Waals surface area contributed by atoms with Crippen LogP contribution in [-0.4, -0.2) is 61.2 Å². The second kappa shape index (κ2) is 12.5. The molecule has 2 unspecified atom stereocenters. The predicted molar refractivity (Wildman–Crippen MR) is 133 cm³/mol. The maximum atomic E-state index is 13.5. The van der Waals surface area contributed by atoms with Gasteiger partial charge < -0.3 is 19.7 Å². The second-order valence-corrected chi connectivity index (χ2v) is 10.2. The van der Waals surface area contributed by atoms with Crippen molar-refractivity contribution in [1.29, 1.82) is 0 Å². The van der Waals surface area contributed by atoms with Gasteiger partial charge in [-0.05, 0) is 51.2 Å². The molecule has 5 atom stereocenters. The van der Waals surface area contributed by atoms with Crippen LogP contribution >= 0.6 is 7.75 Å². The van der Waals surface area contributed by atoms with E-state index in [4.69, 9.17) is 24.3 Å². The van der Waals surface area contributed by atoms with Gasteiger partial charge in [0.1, 0.15) is 18.6 Å². The number of nitrogens with zero attached hydrogens (tertiary/aromatic N) is 3. The lowest BCUT2D eigenvalue weighted by atomic mass is 9.95.